The summed E-state index contributed by atoms with van der Waals surface area (Å²) in [6.07, 6.45) is 12.8. The molecule has 0 saturated carbocycles. The van der Waals surface area contributed by atoms with Gasteiger partial charge in [-0.3, -0.25) is 0 Å². The monoisotopic (exact) mass is 278 g/mol. The Hall–Kier alpha value is 0.210. The molecule has 0 saturated heterocycles. The number of rotatable bonds is 14. The van der Waals surface area contributed by atoms with Crippen molar-refractivity contribution in [3.05, 3.63) is 0 Å². The van der Waals surface area contributed by atoms with Gasteiger partial charge in [-0.25, -0.2) is 0 Å². The quantitative estimate of drug-likeness (QED) is 0.374. The summed E-state index contributed by atoms with van der Waals surface area (Å²) in [6.45, 7) is 3.39. The van der Waals surface area contributed by atoms with Gasteiger partial charge in [-0.05, 0) is 6.42 Å². The summed E-state index contributed by atoms with van der Waals surface area (Å²) in [4.78, 5) is 0. The minimum Gasteiger partial charge on any atom is -0.389 e. The van der Waals surface area contributed by atoms with Crippen molar-refractivity contribution in [3.8, 4) is 0 Å². The lowest BCUT2D eigenvalue weighted by Gasteiger charge is -2.07. The van der Waals surface area contributed by atoms with Crippen LogP contribution in [0.2, 0.25) is 0 Å². The Labute approximate surface area is 118 Å². The van der Waals surface area contributed by atoms with Gasteiger partial charge in [-0.2, -0.15) is 0 Å². The van der Waals surface area contributed by atoms with Crippen LogP contribution in [-0.4, -0.2) is 30.3 Å². The van der Waals surface area contributed by atoms with Crippen LogP contribution in [0.4, 0.5) is 0 Å². The molecule has 3 heteroatoms. The molecule has 1 N–H and O–H groups in total. The fraction of sp³-hybridized carbons (Fsp3) is 1.00. The van der Waals surface area contributed by atoms with Crippen molar-refractivity contribution in [2.24, 2.45) is 0 Å². The third-order valence-corrected chi connectivity index (χ3v) is 3.49. The number of alkyl halides is 1. The molecule has 0 fully saturated rings. The van der Waals surface area contributed by atoms with Gasteiger partial charge in [-0.15, -0.1) is 11.6 Å². The van der Waals surface area contributed by atoms with Gasteiger partial charge in [0.1, 0.15) is 0 Å². The molecule has 1 unspecified atom stereocenters. The van der Waals surface area contributed by atoms with Gasteiger partial charge in [0, 0.05) is 6.61 Å². The Kier molecular flexibility index (Phi) is 15.4. The Bertz CT molecular complexity index is 153. The fourth-order valence-electron chi connectivity index (χ4n) is 1.96. The molecule has 0 rings (SSSR count). The number of unbranched alkanes of at least 4 members (excludes halogenated alkanes) is 9. The number of aliphatic hydroxyl groups excluding tert-OH is 1. The molecule has 0 heterocycles. The summed E-state index contributed by atoms with van der Waals surface area (Å²) in [5, 5.41) is 9.16. The number of halogens is 1. The Balaban J connectivity index is 2.94. The fourth-order valence-corrected chi connectivity index (χ4v) is 2.04. The van der Waals surface area contributed by atoms with Gasteiger partial charge in [0.15, 0.2) is 0 Å². The van der Waals surface area contributed by atoms with E-state index in [4.69, 9.17) is 21.4 Å². The topological polar surface area (TPSA) is 29.5 Å². The first-order chi connectivity index (χ1) is 8.81. The van der Waals surface area contributed by atoms with Gasteiger partial charge in [0.2, 0.25) is 0 Å². The van der Waals surface area contributed by atoms with Crippen molar-refractivity contribution in [2.75, 3.05) is 19.1 Å². The minimum absolute atomic E-state index is 0.262. The van der Waals surface area contributed by atoms with E-state index in [0.29, 0.717) is 6.61 Å². The van der Waals surface area contributed by atoms with E-state index in [-0.39, 0.29) is 5.88 Å². The highest BCUT2D eigenvalue weighted by Gasteiger charge is 2.00. The van der Waals surface area contributed by atoms with Gasteiger partial charge in [0.25, 0.3) is 0 Å². The highest BCUT2D eigenvalue weighted by molar-refractivity contribution is 6.18. The van der Waals surface area contributed by atoms with Crippen molar-refractivity contribution in [1.29, 1.82) is 0 Å². The Morgan fingerprint density at radius 2 is 1.39 bits per heavy atom. The normalized spacial score (nSPS) is 12.8. The molecular weight excluding hydrogens is 248 g/mol. The summed E-state index contributed by atoms with van der Waals surface area (Å²) >= 11 is 5.46. The third-order valence-electron chi connectivity index (χ3n) is 3.13. The van der Waals surface area contributed by atoms with Crippen LogP contribution in [-0.2, 0) is 4.74 Å². The van der Waals surface area contributed by atoms with Crippen molar-refractivity contribution in [2.45, 2.75) is 77.2 Å². The first kappa shape index (κ1) is 18.2. The zero-order valence-corrected chi connectivity index (χ0v) is 12.8. The van der Waals surface area contributed by atoms with E-state index in [1.54, 1.807) is 0 Å². The van der Waals surface area contributed by atoms with Crippen LogP contribution in [0.5, 0.6) is 0 Å². The van der Waals surface area contributed by atoms with E-state index >= 15 is 0 Å². The number of aliphatic hydroxyl groups is 1. The van der Waals surface area contributed by atoms with Crippen molar-refractivity contribution in [3.63, 3.8) is 0 Å². The molecule has 0 aromatic heterocycles. The summed E-state index contributed by atoms with van der Waals surface area (Å²) in [5.41, 5.74) is 0. The Morgan fingerprint density at radius 1 is 0.889 bits per heavy atom. The molecule has 0 bridgehead atoms. The van der Waals surface area contributed by atoms with E-state index in [1.165, 1.54) is 57.8 Å². The smallest absolute Gasteiger partial charge is 0.0908 e. The van der Waals surface area contributed by atoms with Gasteiger partial charge < -0.3 is 9.84 Å². The van der Waals surface area contributed by atoms with Crippen LogP contribution in [0.1, 0.15) is 71.1 Å². The van der Waals surface area contributed by atoms with Crippen LogP contribution in [0.15, 0.2) is 0 Å². The molecule has 0 aromatic rings. The maximum absolute atomic E-state index is 9.16. The Morgan fingerprint density at radius 3 is 1.89 bits per heavy atom. The molecule has 0 spiro atoms. The van der Waals surface area contributed by atoms with Crippen LogP contribution >= 0.6 is 11.6 Å². The second-order valence-electron chi connectivity index (χ2n) is 5.07. The number of ether oxygens (including phenoxy) is 1. The summed E-state index contributed by atoms with van der Waals surface area (Å²) in [5.74, 6) is 0.262. The van der Waals surface area contributed by atoms with Crippen LogP contribution < -0.4 is 0 Å². The van der Waals surface area contributed by atoms with Gasteiger partial charge in [-0.1, -0.05) is 64.7 Å². The number of hydrogen-bond acceptors (Lipinski definition) is 2. The number of hydrogen-bond donors (Lipinski definition) is 1. The molecule has 110 valence electrons. The molecule has 0 amide bonds. The molecule has 18 heavy (non-hydrogen) atoms. The van der Waals surface area contributed by atoms with Crippen LogP contribution in [0.3, 0.4) is 0 Å². The molecule has 0 aliphatic carbocycles. The molecular formula is C15H31ClO2. The van der Waals surface area contributed by atoms with Gasteiger partial charge >= 0.3 is 0 Å². The molecule has 0 aromatic carbocycles. The van der Waals surface area contributed by atoms with E-state index in [0.717, 1.165) is 13.0 Å². The van der Waals surface area contributed by atoms with Crippen molar-refractivity contribution >= 4 is 11.6 Å². The predicted octanol–water partition coefficient (Wildman–Crippen LogP) is 4.52. The predicted molar refractivity (Wildman–Crippen MR) is 79.4 cm³/mol. The zero-order valence-electron chi connectivity index (χ0n) is 12.0. The summed E-state index contributed by atoms with van der Waals surface area (Å²) in [6, 6.07) is 0. The summed E-state index contributed by atoms with van der Waals surface area (Å²) in [7, 11) is 0. The second-order valence-corrected chi connectivity index (χ2v) is 5.37. The molecule has 0 radical (unpaired) electrons. The minimum atomic E-state index is -0.505. The van der Waals surface area contributed by atoms with E-state index in [1.807, 2.05) is 0 Å². The van der Waals surface area contributed by atoms with E-state index in [2.05, 4.69) is 6.92 Å². The van der Waals surface area contributed by atoms with Crippen molar-refractivity contribution < 1.29 is 9.84 Å². The average molecular weight is 279 g/mol. The highest BCUT2D eigenvalue weighted by atomic mass is 35.5. The SMILES string of the molecule is CCCCCCCCCCCCOCC(O)CCl. The average Bonchev–Trinajstić information content (AvgIpc) is 2.39. The first-order valence-corrected chi connectivity index (χ1v) is 8.16. The maximum atomic E-state index is 9.16. The standard InChI is InChI=1S/C15H31ClO2/c1-2-3-4-5-6-7-8-9-10-11-12-18-14-15(17)13-16/h15,17H,2-14H2,1H3. The lowest BCUT2D eigenvalue weighted by atomic mass is 10.1. The van der Waals surface area contributed by atoms with E-state index in [9.17, 15) is 0 Å². The lowest BCUT2D eigenvalue weighted by Crippen LogP contribution is -2.17. The third kappa shape index (κ3) is 14.3. The van der Waals surface area contributed by atoms with Crippen LogP contribution in [0.25, 0.3) is 0 Å². The zero-order chi connectivity index (χ0) is 13.5. The van der Waals surface area contributed by atoms with E-state index < -0.39 is 6.10 Å². The molecule has 1 atom stereocenters. The lowest BCUT2D eigenvalue weighted by molar-refractivity contribution is 0.0461. The summed E-state index contributed by atoms with van der Waals surface area (Å²) < 4.78 is 5.32. The first-order valence-electron chi connectivity index (χ1n) is 7.63. The molecule has 0 aliphatic rings. The van der Waals surface area contributed by atoms with Gasteiger partial charge in [0.05, 0.1) is 18.6 Å². The maximum Gasteiger partial charge on any atom is 0.0908 e. The van der Waals surface area contributed by atoms with Crippen molar-refractivity contribution in [1.82, 2.24) is 0 Å². The molecule has 0 aliphatic heterocycles. The molecule has 2 nitrogen and oxygen atoms in total. The largest absolute Gasteiger partial charge is 0.389 e. The highest BCUT2D eigenvalue weighted by Crippen LogP contribution is 2.10. The van der Waals surface area contributed by atoms with Crippen LogP contribution in [0, 0.1) is 0 Å². The second kappa shape index (κ2) is 15.3.